The number of likely N-dealkylation sites (N-methyl/N-ethyl adjacent to an activating group) is 1. The number of nitrogen functional groups attached to an aromatic ring is 1. The van der Waals surface area contributed by atoms with Crippen molar-refractivity contribution in [2.24, 2.45) is 0 Å². The molecule has 1 aromatic heterocycles. The summed E-state index contributed by atoms with van der Waals surface area (Å²) in [5.74, 6) is 0.318. The van der Waals surface area contributed by atoms with Crippen molar-refractivity contribution in [3.8, 4) is 0 Å². The fourth-order valence-electron chi connectivity index (χ4n) is 1.44. The summed E-state index contributed by atoms with van der Waals surface area (Å²) < 4.78 is 4.63. The van der Waals surface area contributed by atoms with Crippen molar-refractivity contribution >= 4 is 11.8 Å². The SMILES string of the molecule is COC(=O)c1c(C)nc(CCN(C)C)nc1N. The molecule has 0 radical (unpaired) electrons. The molecule has 0 aliphatic rings. The van der Waals surface area contributed by atoms with E-state index in [0.29, 0.717) is 17.9 Å². The van der Waals surface area contributed by atoms with Crippen LogP contribution in [-0.2, 0) is 11.2 Å². The van der Waals surface area contributed by atoms with Crippen LogP contribution in [0.25, 0.3) is 0 Å². The molecule has 0 spiro atoms. The summed E-state index contributed by atoms with van der Waals surface area (Å²) in [6.07, 6.45) is 0.694. The summed E-state index contributed by atoms with van der Waals surface area (Å²) in [6.45, 7) is 2.56. The maximum atomic E-state index is 11.4. The number of nitrogens with two attached hydrogens (primary N) is 1. The largest absolute Gasteiger partial charge is 0.465 e. The Morgan fingerprint density at radius 1 is 1.41 bits per heavy atom. The number of rotatable bonds is 4. The van der Waals surface area contributed by atoms with Gasteiger partial charge in [-0.2, -0.15) is 0 Å². The molecule has 94 valence electrons. The number of carbonyl (C=O) groups excluding carboxylic acids is 1. The minimum atomic E-state index is -0.501. The molecule has 0 aromatic carbocycles. The predicted octanol–water partition coefficient (Wildman–Crippen LogP) is 0.258. The van der Waals surface area contributed by atoms with Gasteiger partial charge in [-0.1, -0.05) is 0 Å². The third-order valence-corrected chi connectivity index (χ3v) is 2.34. The molecule has 6 heteroatoms. The van der Waals surface area contributed by atoms with Gasteiger partial charge in [-0.15, -0.1) is 0 Å². The fraction of sp³-hybridized carbons (Fsp3) is 0.545. The Balaban J connectivity index is 2.97. The number of esters is 1. The summed E-state index contributed by atoms with van der Waals surface area (Å²) in [6, 6.07) is 0. The second kappa shape index (κ2) is 5.58. The van der Waals surface area contributed by atoms with E-state index in [-0.39, 0.29) is 11.4 Å². The average molecular weight is 238 g/mol. The minimum absolute atomic E-state index is 0.179. The maximum absolute atomic E-state index is 11.4. The van der Waals surface area contributed by atoms with Gasteiger partial charge in [-0.3, -0.25) is 0 Å². The first-order valence-electron chi connectivity index (χ1n) is 5.31. The van der Waals surface area contributed by atoms with E-state index in [1.807, 2.05) is 19.0 Å². The summed E-state index contributed by atoms with van der Waals surface area (Å²) in [7, 11) is 5.25. The Morgan fingerprint density at radius 3 is 2.53 bits per heavy atom. The molecule has 1 aromatic rings. The van der Waals surface area contributed by atoms with Crippen LogP contribution >= 0.6 is 0 Å². The van der Waals surface area contributed by atoms with Crippen molar-refractivity contribution in [1.29, 1.82) is 0 Å². The molecule has 1 heterocycles. The van der Waals surface area contributed by atoms with E-state index in [1.54, 1.807) is 6.92 Å². The van der Waals surface area contributed by atoms with Crippen LogP contribution in [0.15, 0.2) is 0 Å². The van der Waals surface area contributed by atoms with E-state index in [9.17, 15) is 4.79 Å². The molecule has 0 aliphatic heterocycles. The quantitative estimate of drug-likeness (QED) is 0.758. The highest BCUT2D eigenvalue weighted by molar-refractivity contribution is 5.95. The number of anilines is 1. The average Bonchev–Trinajstić information content (AvgIpc) is 2.25. The number of aromatic nitrogens is 2. The molecule has 0 saturated carbocycles. The Kier molecular flexibility index (Phi) is 4.39. The molecule has 0 unspecified atom stereocenters. The second-order valence-electron chi connectivity index (χ2n) is 4.03. The molecule has 2 N–H and O–H groups in total. The number of hydrogen-bond acceptors (Lipinski definition) is 6. The number of carbonyl (C=O) groups is 1. The number of methoxy groups -OCH3 is 1. The van der Waals surface area contributed by atoms with Crippen molar-refractivity contribution in [3.63, 3.8) is 0 Å². The predicted molar refractivity (Wildman–Crippen MR) is 64.8 cm³/mol. The van der Waals surface area contributed by atoms with E-state index in [4.69, 9.17) is 5.73 Å². The zero-order chi connectivity index (χ0) is 13.0. The molecule has 6 nitrogen and oxygen atoms in total. The van der Waals surface area contributed by atoms with Crippen LogP contribution in [0.2, 0.25) is 0 Å². The lowest BCUT2D eigenvalue weighted by molar-refractivity contribution is 0.0600. The third kappa shape index (κ3) is 3.39. The Bertz CT molecular complexity index is 395. The maximum Gasteiger partial charge on any atom is 0.343 e. The monoisotopic (exact) mass is 238 g/mol. The van der Waals surface area contributed by atoms with Crippen molar-refractivity contribution in [2.45, 2.75) is 13.3 Å². The normalized spacial score (nSPS) is 10.6. The Hall–Kier alpha value is -1.69. The van der Waals surface area contributed by atoms with Gasteiger partial charge in [0, 0.05) is 13.0 Å². The zero-order valence-corrected chi connectivity index (χ0v) is 10.6. The first-order chi connectivity index (χ1) is 7.95. The van der Waals surface area contributed by atoms with E-state index in [1.165, 1.54) is 7.11 Å². The zero-order valence-electron chi connectivity index (χ0n) is 10.6. The number of hydrogen-bond donors (Lipinski definition) is 1. The molecule has 0 bridgehead atoms. The van der Waals surface area contributed by atoms with E-state index in [2.05, 4.69) is 14.7 Å². The lowest BCUT2D eigenvalue weighted by atomic mass is 10.2. The summed E-state index contributed by atoms with van der Waals surface area (Å²) in [4.78, 5) is 21.8. The Labute approximate surface area is 101 Å². The molecule has 0 fully saturated rings. The van der Waals surface area contributed by atoms with Gasteiger partial charge in [0.15, 0.2) is 0 Å². The minimum Gasteiger partial charge on any atom is -0.465 e. The molecular weight excluding hydrogens is 220 g/mol. The smallest absolute Gasteiger partial charge is 0.343 e. The molecule has 0 saturated heterocycles. The Morgan fingerprint density at radius 2 is 2.06 bits per heavy atom. The lowest BCUT2D eigenvalue weighted by Crippen LogP contribution is -2.18. The van der Waals surface area contributed by atoms with Crippen LogP contribution < -0.4 is 5.73 Å². The number of ether oxygens (including phenoxy) is 1. The van der Waals surface area contributed by atoms with Crippen LogP contribution in [0.5, 0.6) is 0 Å². The highest BCUT2D eigenvalue weighted by Crippen LogP contribution is 2.14. The molecule has 17 heavy (non-hydrogen) atoms. The molecular formula is C11H18N4O2. The van der Waals surface area contributed by atoms with E-state index >= 15 is 0 Å². The van der Waals surface area contributed by atoms with E-state index < -0.39 is 5.97 Å². The van der Waals surface area contributed by atoms with Gasteiger partial charge < -0.3 is 15.4 Å². The van der Waals surface area contributed by atoms with Crippen LogP contribution in [-0.4, -0.2) is 48.6 Å². The van der Waals surface area contributed by atoms with Crippen LogP contribution in [0, 0.1) is 6.92 Å². The highest BCUT2D eigenvalue weighted by Gasteiger charge is 2.17. The highest BCUT2D eigenvalue weighted by atomic mass is 16.5. The van der Waals surface area contributed by atoms with Gasteiger partial charge in [0.25, 0.3) is 0 Å². The summed E-state index contributed by atoms with van der Waals surface area (Å²) in [5.41, 5.74) is 6.54. The van der Waals surface area contributed by atoms with Gasteiger partial charge in [0.1, 0.15) is 17.2 Å². The molecule has 0 aliphatic carbocycles. The molecule has 0 amide bonds. The van der Waals surface area contributed by atoms with Crippen LogP contribution in [0.3, 0.4) is 0 Å². The summed E-state index contributed by atoms with van der Waals surface area (Å²) >= 11 is 0. The first kappa shape index (κ1) is 13.4. The third-order valence-electron chi connectivity index (χ3n) is 2.34. The van der Waals surface area contributed by atoms with Crippen LogP contribution in [0.1, 0.15) is 21.9 Å². The topological polar surface area (TPSA) is 81.3 Å². The van der Waals surface area contributed by atoms with Crippen molar-refractivity contribution in [3.05, 3.63) is 17.1 Å². The van der Waals surface area contributed by atoms with Crippen molar-refractivity contribution < 1.29 is 9.53 Å². The molecule has 1 rings (SSSR count). The van der Waals surface area contributed by atoms with Gasteiger partial charge >= 0.3 is 5.97 Å². The standard InChI is InChI=1S/C11H18N4O2/c1-7-9(11(16)17-4)10(12)14-8(13-7)5-6-15(2)3/h5-6H2,1-4H3,(H2,12,13,14). The van der Waals surface area contributed by atoms with E-state index in [0.717, 1.165) is 6.54 Å². The van der Waals surface area contributed by atoms with Gasteiger partial charge in [0.2, 0.25) is 0 Å². The van der Waals surface area contributed by atoms with Crippen molar-refractivity contribution in [2.75, 3.05) is 33.5 Å². The van der Waals surface area contributed by atoms with Gasteiger partial charge in [-0.05, 0) is 21.0 Å². The first-order valence-corrected chi connectivity index (χ1v) is 5.31. The van der Waals surface area contributed by atoms with Crippen molar-refractivity contribution in [1.82, 2.24) is 14.9 Å². The summed E-state index contributed by atoms with van der Waals surface area (Å²) in [5, 5.41) is 0. The molecule has 0 atom stereocenters. The number of nitrogens with zero attached hydrogens (tertiary/aromatic N) is 3. The van der Waals surface area contributed by atoms with Gasteiger partial charge in [0.05, 0.1) is 12.8 Å². The lowest BCUT2D eigenvalue weighted by Gasteiger charge is -2.11. The second-order valence-corrected chi connectivity index (χ2v) is 4.03. The number of aryl methyl sites for hydroxylation is 1. The van der Waals surface area contributed by atoms with Crippen LogP contribution in [0.4, 0.5) is 5.82 Å². The van der Waals surface area contributed by atoms with Gasteiger partial charge in [-0.25, -0.2) is 14.8 Å². The fourth-order valence-corrected chi connectivity index (χ4v) is 1.44.